The predicted octanol–water partition coefficient (Wildman–Crippen LogP) is 2.45. The van der Waals surface area contributed by atoms with E-state index < -0.39 is 0 Å². The molecule has 2 aromatic carbocycles. The van der Waals surface area contributed by atoms with Crippen molar-refractivity contribution in [3.8, 4) is 11.5 Å². The van der Waals surface area contributed by atoms with Gasteiger partial charge in [-0.2, -0.15) is 0 Å². The molecule has 0 aliphatic carbocycles. The van der Waals surface area contributed by atoms with Crippen molar-refractivity contribution < 1.29 is 14.3 Å². The molecule has 0 spiro atoms. The van der Waals surface area contributed by atoms with Gasteiger partial charge in [0.25, 0.3) is 5.91 Å². The predicted molar refractivity (Wildman–Crippen MR) is 101 cm³/mol. The highest BCUT2D eigenvalue weighted by Gasteiger charge is 2.15. The average molecular weight is 351 g/mol. The van der Waals surface area contributed by atoms with Crippen molar-refractivity contribution in [3.05, 3.63) is 42.1 Å². The minimum Gasteiger partial charge on any atom is -0.486 e. The Hall–Kier alpha value is -2.86. The summed E-state index contributed by atoms with van der Waals surface area (Å²) >= 11 is 0. The molecule has 3 aromatic rings. The van der Waals surface area contributed by atoms with Gasteiger partial charge in [-0.1, -0.05) is 12.1 Å². The van der Waals surface area contributed by atoms with Crippen LogP contribution < -0.4 is 14.8 Å². The number of hydrogen-bond donors (Lipinski definition) is 1. The second-order valence-electron chi connectivity index (χ2n) is 6.64. The van der Waals surface area contributed by atoms with Crippen molar-refractivity contribution in [2.75, 3.05) is 40.4 Å². The van der Waals surface area contributed by atoms with Crippen LogP contribution in [-0.4, -0.2) is 56.2 Å². The summed E-state index contributed by atoms with van der Waals surface area (Å²) in [6.45, 7) is 2.51. The highest BCUT2D eigenvalue weighted by Crippen LogP contribution is 2.36. The van der Waals surface area contributed by atoms with Crippen molar-refractivity contribution in [2.45, 2.75) is 0 Å². The van der Waals surface area contributed by atoms with Gasteiger partial charge in [-0.25, -0.2) is 0 Å². The first-order valence-electron chi connectivity index (χ1n) is 8.67. The standard InChI is InChI=1S/C20H21N3O3/c1-23(2)6-5-21-20(24)15-9-14-4-3-13-10-17-18(26-8-7-25-17)11-16(13)19(14)22-12-15/h3-4,9-12H,5-8H2,1-2H3,(H,21,24). The van der Waals surface area contributed by atoms with Crippen molar-refractivity contribution in [2.24, 2.45) is 0 Å². The lowest BCUT2D eigenvalue weighted by molar-refractivity contribution is 0.0951. The number of aromatic nitrogens is 1. The molecular weight excluding hydrogens is 330 g/mol. The largest absolute Gasteiger partial charge is 0.486 e. The van der Waals surface area contributed by atoms with E-state index in [0.717, 1.165) is 39.7 Å². The highest BCUT2D eigenvalue weighted by atomic mass is 16.6. The molecular formula is C20H21N3O3. The fraction of sp³-hybridized carbons (Fsp3) is 0.300. The van der Waals surface area contributed by atoms with Gasteiger partial charge in [0, 0.05) is 30.1 Å². The Bertz CT molecular complexity index is 985. The number of rotatable bonds is 4. The van der Waals surface area contributed by atoms with Gasteiger partial charge in [0.05, 0.1) is 11.1 Å². The molecule has 2 heterocycles. The molecule has 1 amide bonds. The number of fused-ring (bicyclic) bond motifs is 4. The Morgan fingerprint density at radius 1 is 1.12 bits per heavy atom. The summed E-state index contributed by atoms with van der Waals surface area (Å²) in [6, 6.07) is 9.83. The molecule has 0 radical (unpaired) electrons. The second kappa shape index (κ2) is 6.80. The number of benzene rings is 2. The molecule has 0 saturated heterocycles. The molecule has 6 nitrogen and oxygen atoms in total. The number of hydrogen-bond acceptors (Lipinski definition) is 5. The molecule has 0 unspecified atom stereocenters. The van der Waals surface area contributed by atoms with E-state index in [0.29, 0.717) is 25.3 Å². The lowest BCUT2D eigenvalue weighted by Crippen LogP contribution is -2.31. The monoisotopic (exact) mass is 351 g/mol. The number of nitrogens with one attached hydrogen (secondary N) is 1. The van der Waals surface area contributed by atoms with Crippen LogP contribution in [-0.2, 0) is 0 Å². The first kappa shape index (κ1) is 16.6. The van der Waals surface area contributed by atoms with E-state index in [1.807, 2.05) is 49.3 Å². The molecule has 0 bridgehead atoms. The van der Waals surface area contributed by atoms with Gasteiger partial charge in [0.15, 0.2) is 11.5 Å². The fourth-order valence-electron chi connectivity index (χ4n) is 3.08. The minimum atomic E-state index is -0.108. The van der Waals surface area contributed by atoms with E-state index in [1.54, 1.807) is 6.20 Å². The summed E-state index contributed by atoms with van der Waals surface area (Å²) in [4.78, 5) is 18.9. The SMILES string of the molecule is CN(C)CCNC(=O)c1cnc2c(ccc3cc4c(cc32)OCCO4)c1. The smallest absolute Gasteiger partial charge is 0.252 e. The van der Waals surface area contributed by atoms with Crippen LogP contribution in [0, 0.1) is 0 Å². The van der Waals surface area contributed by atoms with E-state index in [2.05, 4.69) is 10.3 Å². The van der Waals surface area contributed by atoms with E-state index in [1.165, 1.54) is 0 Å². The summed E-state index contributed by atoms with van der Waals surface area (Å²) < 4.78 is 11.3. The number of amides is 1. The molecule has 1 N–H and O–H groups in total. The molecule has 0 atom stereocenters. The Morgan fingerprint density at radius 2 is 1.85 bits per heavy atom. The second-order valence-corrected chi connectivity index (χ2v) is 6.64. The van der Waals surface area contributed by atoms with Crippen LogP contribution in [0.1, 0.15) is 10.4 Å². The maximum absolute atomic E-state index is 12.3. The van der Waals surface area contributed by atoms with Crippen LogP contribution in [0.3, 0.4) is 0 Å². The van der Waals surface area contributed by atoms with Crippen molar-refractivity contribution in [1.29, 1.82) is 0 Å². The molecule has 4 rings (SSSR count). The molecule has 1 aliphatic rings. The first-order chi connectivity index (χ1) is 12.6. The van der Waals surface area contributed by atoms with Gasteiger partial charge in [-0.3, -0.25) is 9.78 Å². The number of nitrogens with zero attached hydrogens (tertiary/aromatic N) is 2. The van der Waals surface area contributed by atoms with Crippen LogP contribution in [0.2, 0.25) is 0 Å². The Balaban J connectivity index is 1.68. The van der Waals surface area contributed by atoms with Crippen molar-refractivity contribution in [3.63, 3.8) is 0 Å². The van der Waals surface area contributed by atoms with Crippen LogP contribution in [0.5, 0.6) is 11.5 Å². The summed E-state index contributed by atoms with van der Waals surface area (Å²) in [7, 11) is 3.95. The normalized spacial score (nSPS) is 13.3. The number of ether oxygens (including phenoxy) is 2. The number of carbonyl (C=O) groups is 1. The van der Waals surface area contributed by atoms with Crippen molar-refractivity contribution >= 4 is 27.6 Å². The first-order valence-corrected chi connectivity index (χ1v) is 8.67. The molecule has 134 valence electrons. The molecule has 6 heteroatoms. The van der Waals surface area contributed by atoms with Crippen LogP contribution >= 0.6 is 0 Å². The maximum atomic E-state index is 12.3. The van der Waals surface area contributed by atoms with E-state index >= 15 is 0 Å². The zero-order chi connectivity index (χ0) is 18.1. The van der Waals surface area contributed by atoms with Crippen LogP contribution in [0.4, 0.5) is 0 Å². The van der Waals surface area contributed by atoms with Crippen LogP contribution in [0.25, 0.3) is 21.7 Å². The van der Waals surface area contributed by atoms with E-state index in [9.17, 15) is 4.79 Å². The Labute approximate surface area is 151 Å². The number of carbonyl (C=O) groups excluding carboxylic acids is 1. The zero-order valence-corrected chi connectivity index (χ0v) is 14.9. The summed E-state index contributed by atoms with van der Waals surface area (Å²) in [5.74, 6) is 1.40. The third kappa shape index (κ3) is 3.15. The van der Waals surface area contributed by atoms with Gasteiger partial charge in [0.1, 0.15) is 13.2 Å². The van der Waals surface area contributed by atoms with E-state index in [4.69, 9.17) is 9.47 Å². The third-order valence-corrected chi connectivity index (χ3v) is 4.44. The molecule has 0 saturated carbocycles. The van der Waals surface area contributed by atoms with Gasteiger partial charge in [0.2, 0.25) is 0 Å². The van der Waals surface area contributed by atoms with E-state index in [-0.39, 0.29) is 5.91 Å². The number of pyridine rings is 1. The van der Waals surface area contributed by atoms with Gasteiger partial charge in [-0.15, -0.1) is 0 Å². The van der Waals surface area contributed by atoms with Crippen molar-refractivity contribution in [1.82, 2.24) is 15.2 Å². The minimum absolute atomic E-state index is 0.108. The Kier molecular flexibility index (Phi) is 4.34. The summed E-state index contributed by atoms with van der Waals surface area (Å²) in [5.41, 5.74) is 1.41. The highest BCUT2D eigenvalue weighted by molar-refractivity contribution is 6.08. The summed E-state index contributed by atoms with van der Waals surface area (Å²) in [6.07, 6.45) is 1.63. The van der Waals surface area contributed by atoms with Gasteiger partial charge >= 0.3 is 0 Å². The quantitative estimate of drug-likeness (QED) is 0.732. The lowest BCUT2D eigenvalue weighted by Gasteiger charge is -2.19. The molecule has 1 aromatic heterocycles. The topological polar surface area (TPSA) is 63.7 Å². The van der Waals surface area contributed by atoms with Gasteiger partial charge < -0.3 is 19.7 Å². The van der Waals surface area contributed by atoms with Crippen LogP contribution in [0.15, 0.2) is 36.5 Å². The molecule has 26 heavy (non-hydrogen) atoms. The van der Waals surface area contributed by atoms with Gasteiger partial charge in [-0.05, 0) is 37.7 Å². The average Bonchev–Trinajstić information content (AvgIpc) is 2.65. The fourth-order valence-corrected chi connectivity index (χ4v) is 3.08. The molecule has 0 fully saturated rings. The zero-order valence-electron chi connectivity index (χ0n) is 14.9. The molecule has 1 aliphatic heterocycles. The third-order valence-electron chi connectivity index (χ3n) is 4.44. The lowest BCUT2D eigenvalue weighted by atomic mass is 10.0. The maximum Gasteiger partial charge on any atom is 0.252 e. The number of likely N-dealkylation sites (N-methyl/N-ethyl adjacent to an activating group) is 1. The summed E-state index contributed by atoms with van der Waals surface area (Å²) in [5, 5.41) is 5.87. The Morgan fingerprint density at radius 3 is 2.62 bits per heavy atom.